The highest BCUT2D eigenvalue weighted by molar-refractivity contribution is 6.34. The van der Waals surface area contributed by atoms with Crippen molar-refractivity contribution in [2.45, 2.75) is 20.8 Å². The highest BCUT2D eigenvalue weighted by atomic mass is 16.4. The minimum atomic E-state index is -1.12. The van der Waals surface area contributed by atoms with Gasteiger partial charge in [-0.05, 0) is 20.8 Å². The van der Waals surface area contributed by atoms with Crippen LogP contribution in [0.1, 0.15) is 20.8 Å². The monoisotopic (exact) mass is 143 g/mol. The van der Waals surface area contributed by atoms with Gasteiger partial charge in [0.1, 0.15) is 0 Å². The predicted molar refractivity (Wildman–Crippen MR) is 35.1 cm³/mol. The van der Waals surface area contributed by atoms with E-state index in [1.54, 1.807) is 20.8 Å². The summed E-state index contributed by atoms with van der Waals surface area (Å²) in [6.07, 6.45) is 0. The molecule has 0 heterocycles. The van der Waals surface area contributed by atoms with Gasteiger partial charge in [0.2, 0.25) is 0 Å². The third-order valence-electron chi connectivity index (χ3n) is 1.02. The Morgan fingerprint density at radius 1 is 1.50 bits per heavy atom. The molecule has 0 fully saturated rings. The van der Waals surface area contributed by atoms with Gasteiger partial charge >= 0.3 is 11.7 Å². The summed E-state index contributed by atoms with van der Waals surface area (Å²) in [5.41, 5.74) is 5.89. The summed E-state index contributed by atoms with van der Waals surface area (Å²) in [7, 11) is 0. The fourth-order valence-corrected chi connectivity index (χ4v) is 0.536. The molecule has 4 heteroatoms. The largest absolute Gasteiger partial charge is 0.473 e. The summed E-state index contributed by atoms with van der Waals surface area (Å²) in [6.45, 7) is 5.11. The van der Waals surface area contributed by atoms with Crippen LogP contribution < -0.4 is 0 Å². The van der Waals surface area contributed by atoms with Gasteiger partial charge in [0.25, 0.3) is 0 Å². The molecule has 0 amide bonds. The molecule has 0 aliphatic carbocycles. The Labute approximate surface area is 59.1 Å². The molecule has 2 N–H and O–H groups in total. The summed E-state index contributed by atoms with van der Waals surface area (Å²) in [5, 5.41) is 8.46. The molecule has 0 aliphatic rings. The van der Waals surface area contributed by atoms with Crippen molar-refractivity contribution in [1.82, 2.24) is 0 Å². The predicted octanol–water partition coefficient (Wildman–Crippen LogP) is 0.797. The second-order valence-electron chi connectivity index (χ2n) is 3.02. The maximum atomic E-state index is 10.3. The van der Waals surface area contributed by atoms with Gasteiger partial charge in [-0.25, -0.2) is 4.79 Å². The first-order valence-electron chi connectivity index (χ1n) is 2.87. The van der Waals surface area contributed by atoms with Gasteiger partial charge in [0.05, 0.1) is 15.7 Å². The fourth-order valence-electron chi connectivity index (χ4n) is 0.536. The summed E-state index contributed by atoms with van der Waals surface area (Å²) in [5.74, 6) is -1.12. The maximum absolute atomic E-state index is 10.3. The number of carboxylic acids is 1. The lowest BCUT2D eigenvalue weighted by Gasteiger charge is -2.05. The highest BCUT2D eigenvalue weighted by Gasteiger charge is 2.36. The number of nitrogens with zero attached hydrogens (tertiary/aromatic N) is 1. The van der Waals surface area contributed by atoms with Gasteiger partial charge in [-0.15, -0.1) is 0 Å². The average molecular weight is 143 g/mol. The molecule has 0 aliphatic heterocycles. The number of aliphatic carboxylic acids is 1. The number of nitrogens with one attached hydrogen (secondary N) is 1. The molecule has 0 saturated heterocycles. The average Bonchev–Trinajstić information content (AvgIpc) is 1.60. The first kappa shape index (κ1) is 8.85. The second-order valence-corrected chi connectivity index (χ2v) is 3.02. The molecule has 0 aromatic rings. The number of rotatable bonds is 1. The smallest absolute Gasteiger partial charge is 0.429 e. The van der Waals surface area contributed by atoms with Crippen molar-refractivity contribution in [1.29, 1.82) is 5.53 Å². The Morgan fingerprint density at radius 2 is 1.90 bits per heavy atom. The SMILES string of the molecule is CC(C)(C)C(=[N+]=N)C(=O)O. The van der Waals surface area contributed by atoms with E-state index < -0.39 is 11.4 Å². The van der Waals surface area contributed by atoms with E-state index in [0.717, 1.165) is 0 Å². The van der Waals surface area contributed by atoms with Gasteiger partial charge in [-0.1, -0.05) is 0 Å². The van der Waals surface area contributed by atoms with Gasteiger partial charge in [0, 0.05) is 0 Å². The molecular formula is C6H11N2O2+. The highest BCUT2D eigenvalue weighted by Crippen LogP contribution is 2.13. The molecule has 0 aromatic carbocycles. The summed E-state index contributed by atoms with van der Waals surface area (Å²) in [4.78, 5) is 13.3. The Kier molecular flexibility index (Phi) is 2.32. The van der Waals surface area contributed by atoms with E-state index in [9.17, 15) is 4.79 Å². The third kappa shape index (κ3) is 1.99. The Hall–Kier alpha value is -1.15. The Balaban J connectivity index is 4.74. The summed E-state index contributed by atoms with van der Waals surface area (Å²) in [6, 6.07) is 0. The molecular weight excluding hydrogens is 132 g/mol. The van der Waals surface area contributed by atoms with Crippen LogP contribution in [-0.2, 0) is 4.79 Å². The van der Waals surface area contributed by atoms with Crippen molar-refractivity contribution in [2.24, 2.45) is 5.41 Å². The molecule has 0 bridgehead atoms. The van der Waals surface area contributed by atoms with Gasteiger partial charge in [-0.3, -0.25) is 0 Å². The molecule has 0 atom stereocenters. The quantitative estimate of drug-likeness (QED) is 0.323. The molecule has 0 saturated carbocycles. The molecule has 0 spiro atoms. The third-order valence-corrected chi connectivity index (χ3v) is 1.02. The van der Waals surface area contributed by atoms with Gasteiger partial charge < -0.3 is 5.11 Å². The van der Waals surface area contributed by atoms with E-state index in [1.807, 2.05) is 0 Å². The first-order valence-corrected chi connectivity index (χ1v) is 2.87. The normalized spacial score (nSPS) is 10.3. The van der Waals surface area contributed by atoms with Crippen molar-refractivity contribution in [2.75, 3.05) is 0 Å². The van der Waals surface area contributed by atoms with Crippen molar-refractivity contribution in [3.63, 3.8) is 0 Å². The standard InChI is InChI=1S/C6H10N2O2/c1-6(2,3)4(8-7)5(9)10/h7H,1-3H3/p+1. The van der Waals surface area contributed by atoms with Crippen LogP contribution in [0.4, 0.5) is 0 Å². The molecule has 10 heavy (non-hydrogen) atoms. The van der Waals surface area contributed by atoms with E-state index in [-0.39, 0.29) is 5.71 Å². The lowest BCUT2D eigenvalue weighted by Crippen LogP contribution is -2.29. The van der Waals surface area contributed by atoms with Crippen molar-refractivity contribution < 1.29 is 14.7 Å². The van der Waals surface area contributed by atoms with E-state index >= 15 is 0 Å². The minimum absolute atomic E-state index is 0.118. The fraction of sp³-hybridized carbons (Fsp3) is 0.667. The number of hydrogen-bond acceptors (Lipinski definition) is 2. The van der Waals surface area contributed by atoms with Crippen LogP contribution in [0.3, 0.4) is 0 Å². The van der Waals surface area contributed by atoms with Crippen LogP contribution in [0.15, 0.2) is 0 Å². The minimum Gasteiger partial charge on any atom is -0.473 e. The molecule has 56 valence electrons. The first-order chi connectivity index (χ1) is 4.39. The summed E-state index contributed by atoms with van der Waals surface area (Å²) < 4.78 is 0. The number of hydrogen-bond donors (Lipinski definition) is 2. The lowest BCUT2D eigenvalue weighted by atomic mass is 9.90. The van der Waals surface area contributed by atoms with Gasteiger partial charge in [-0.2, -0.15) is 0 Å². The maximum Gasteiger partial charge on any atom is 0.429 e. The Bertz CT molecular complexity index is 196. The number of carboxylic acid groups (broad SMARTS) is 1. The van der Waals surface area contributed by atoms with Crippen LogP contribution in [0, 0.1) is 10.9 Å². The molecule has 0 unspecified atom stereocenters. The van der Waals surface area contributed by atoms with E-state index in [0.29, 0.717) is 0 Å². The van der Waals surface area contributed by atoms with Gasteiger partial charge in [0.15, 0.2) is 0 Å². The lowest BCUT2D eigenvalue weighted by molar-refractivity contribution is -0.153. The van der Waals surface area contributed by atoms with Crippen LogP contribution in [0.25, 0.3) is 0 Å². The Morgan fingerprint density at radius 3 is 1.90 bits per heavy atom. The summed E-state index contributed by atoms with van der Waals surface area (Å²) >= 11 is 0. The van der Waals surface area contributed by atoms with Crippen LogP contribution >= 0.6 is 0 Å². The molecule has 0 rings (SSSR count). The van der Waals surface area contributed by atoms with Crippen LogP contribution in [-0.4, -0.2) is 21.6 Å². The molecule has 4 nitrogen and oxygen atoms in total. The molecule has 0 radical (unpaired) electrons. The van der Waals surface area contributed by atoms with E-state index in [2.05, 4.69) is 4.79 Å². The van der Waals surface area contributed by atoms with Crippen molar-refractivity contribution in [3.05, 3.63) is 0 Å². The van der Waals surface area contributed by atoms with Crippen LogP contribution in [0.2, 0.25) is 0 Å². The zero-order valence-electron chi connectivity index (χ0n) is 6.30. The molecule has 0 aromatic heterocycles. The van der Waals surface area contributed by atoms with E-state index in [1.165, 1.54) is 0 Å². The zero-order chi connectivity index (χ0) is 8.36. The van der Waals surface area contributed by atoms with E-state index in [4.69, 9.17) is 10.6 Å². The number of carbonyl (C=O) groups is 1. The zero-order valence-corrected chi connectivity index (χ0v) is 6.30. The van der Waals surface area contributed by atoms with Crippen molar-refractivity contribution >= 4 is 11.7 Å². The topological polar surface area (TPSA) is 75.2 Å². The van der Waals surface area contributed by atoms with Crippen LogP contribution in [0.5, 0.6) is 0 Å². The second kappa shape index (κ2) is 2.62. The van der Waals surface area contributed by atoms with Crippen molar-refractivity contribution in [3.8, 4) is 0 Å².